The molecule has 5 rings (SSSR count). The first-order valence-electron chi connectivity index (χ1n) is 11.6. The maximum absolute atomic E-state index is 5.88. The maximum atomic E-state index is 5.88. The van der Waals surface area contributed by atoms with Crippen LogP contribution in [0.5, 0.6) is 0 Å². The van der Waals surface area contributed by atoms with Gasteiger partial charge in [0.1, 0.15) is 0 Å². The van der Waals surface area contributed by atoms with E-state index in [4.69, 9.17) is 17.2 Å². The highest BCUT2D eigenvalue weighted by Crippen LogP contribution is 2.42. The van der Waals surface area contributed by atoms with Crippen LogP contribution in [0.2, 0.25) is 0 Å². The molecular weight excluding hydrogens is 438 g/mol. The van der Waals surface area contributed by atoms with E-state index in [-0.39, 0.29) is 12.1 Å². The molecule has 0 amide bonds. The lowest BCUT2D eigenvalue weighted by Crippen LogP contribution is -2.29. The zero-order chi connectivity index (χ0) is 23.8. The van der Waals surface area contributed by atoms with E-state index < -0.39 is 0 Å². The van der Waals surface area contributed by atoms with Crippen LogP contribution in [0.25, 0.3) is 5.69 Å². The number of rotatable bonds is 5. The maximum Gasteiger partial charge on any atom is 0.170 e. The topological polar surface area (TPSA) is 46.0 Å². The third-order valence-corrected chi connectivity index (χ3v) is 7.10. The van der Waals surface area contributed by atoms with Gasteiger partial charge in [0.15, 0.2) is 5.11 Å². The number of pyridine rings is 2. The molecule has 0 spiro atoms. The van der Waals surface area contributed by atoms with Crippen molar-refractivity contribution in [1.29, 1.82) is 0 Å². The van der Waals surface area contributed by atoms with Gasteiger partial charge in [0, 0.05) is 36.5 Å². The van der Waals surface area contributed by atoms with Gasteiger partial charge in [-0.05, 0) is 92.5 Å². The smallest absolute Gasteiger partial charge is 0.170 e. The summed E-state index contributed by atoms with van der Waals surface area (Å²) in [6.07, 6.45) is 5.52. The summed E-state index contributed by atoms with van der Waals surface area (Å²) in [5, 5.41) is 4.32. The minimum absolute atomic E-state index is 0.0137. The molecule has 0 radical (unpaired) electrons. The SMILES string of the molecule is Cc1cccc(C)c1-n1c(C)cc([C@H]2[C@H](c3ccccn3)NC(=S)N2Cc2ccncc2)c1C. The molecule has 0 unspecified atom stereocenters. The van der Waals surface area contributed by atoms with E-state index in [1.165, 1.54) is 39.3 Å². The van der Waals surface area contributed by atoms with Crippen molar-refractivity contribution in [3.05, 3.63) is 113 Å². The van der Waals surface area contributed by atoms with Gasteiger partial charge in [-0.25, -0.2) is 0 Å². The summed E-state index contributed by atoms with van der Waals surface area (Å²) in [5.41, 5.74) is 9.66. The van der Waals surface area contributed by atoms with Crippen LogP contribution >= 0.6 is 12.2 Å². The number of benzene rings is 1. The first-order chi connectivity index (χ1) is 16.5. The molecule has 0 saturated carbocycles. The van der Waals surface area contributed by atoms with E-state index in [1.54, 1.807) is 0 Å². The number of hydrogen-bond acceptors (Lipinski definition) is 3. The summed E-state index contributed by atoms with van der Waals surface area (Å²) in [7, 11) is 0. The second kappa shape index (κ2) is 9.03. The molecule has 1 saturated heterocycles. The monoisotopic (exact) mass is 467 g/mol. The van der Waals surface area contributed by atoms with Crippen LogP contribution in [0.15, 0.2) is 73.2 Å². The summed E-state index contributed by atoms with van der Waals surface area (Å²) in [4.78, 5) is 11.2. The number of hydrogen-bond donors (Lipinski definition) is 1. The van der Waals surface area contributed by atoms with Crippen LogP contribution in [-0.4, -0.2) is 24.5 Å². The minimum atomic E-state index is -0.0394. The molecular formula is C28H29N5S. The normalized spacial score (nSPS) is 17.8. The average Bonchev–Trinajstić information content (AvgIpc) is 3.31. The molecule has 1 N–H and O–H groups in total. The van der Waals surface area contributed by atoms with E-state index in [9.17, 15) is 0 Å². The lowest BCUT2D eigenvalue weighted by Gasteiger charge is -2.28. The van der Waals surface area contributed by atoms with E-state index in [2.05, 4.69) is 77.8 Å². The van der Waals surface area contributed by atoms with E-state index in [0.717, 1.165) is 10.8 Å². The van der Waals surface area contributed by atoms with Gasteiger partial charge < -0.3 is 14.8 Å². The Morgan fingerprint density at radius 3 is 2.32 bits per heavy atom. The lowest BCUT2D eigenvalue weighted by molar-refractivity contribution is 0.310. The summed E-state index contributed by atoms with van der Waals surface area (Å²) >= 11 is 5.88. The Hall–Kier alpha value is -3.51. The molecule has 4 aromatic rings. The molecule has 4 heterocycles. The number of nitrogens with one attached hydrogen (secondary N) is 1. The van der Waals surface area contributed by atoms with Gasteiger partial charge in [-0.1, -0.05) is 24.3 Å². The fourth-order valence-electron chi connectivity index (χ4n) is 5.19. The highest BCUT2D eigenvalue weighted by molar-refractivity contribution is 7.80. The third kappa shape index (κ3) is 3.88. The first kappa shape index (κ1) is 22.3. The molecule has 3 aromatic heterocycles. The van der Waals surface area contributed by atoms with Crippen molar-refractivity contribution in [2.45, 2.75) is 46.3 Å². The van der Waals surface area contributed by atoms with Gasteiger partial charge in [-0.3, -0.25) is 9.97 Å². The Labute approximate surface area is 206 Å². The average molecular weight is 468 g/mol. The summed E-state index contributed by atoms with van der Waals surface area (Å²) in [6.45, 7) is 9.47. The number of para-hydroxylation sites is 1. The Morgan fingerprint density at radius 2 is 1.65 bits per heavy atom. The van der Waals surface area contributed by atoms with Crippen molar-refractivity contribution in [2.75, 3.05) is 0 Å². The van der Waals surface area contributed by atoms with Gasteiger partial charge in [0.2, 0.25) is 0 Å². The molecule has 0 aliphatic carbocycles. The molecule has 0 bridgehead atoms. The van der Waals surface area contributed by atoms with Crippen molar-refractivity contribution >= 4 is 17.3 Å². The van der Waals surface area contributed by atoms with Crippen molar-refractivity contribution in [1.82, 2.24) is 24.8 Å². The molecule has 2 atom stereocenters. The van der Waals surface area contributed by atoms with Gasteiger partial charge in [0.05, 0.1) is 23.5 Å². The lowest BCUT2D eigenvalue weighted by atomic mass is 9.96. The summed E-state index contributed by atoms with van der Waals surface area (Å²) < 4.78 is 2.39. The molecule has 1 aliphatic heterocycles. The van der Waals surface area contributed by atoms with Gasteiger partial charge in [-0.2, -0.15) is 0 Å². The molecule has 1 fully saturated rings. The highest BCUT2D eigenvalue weighted by Gasteiger charge is 2.41. The molecule has 34 heavy (non-hydrogen) atoms. The van der Waals surface area contributed by atoms with Crippen LogP contribution in [0.1, 0.15) is 51.4 Å². The van der Waals surface area contributed by atoms with Crippen LogP contribution in [0, 0.1) is 27.7 Å². The Bertz CT molecular complexity index is 1310. The van der Waals surface area contributed by atoms with Gasteiger partial charge >= 0.3 is 0 Å². The van der Waals surface area contributed by atoms with E-state index in [1.807, 2.05) is 42.9 Å². The third-order valence-electron chi connectivity index (χ3n) is 6.75. The molecule has 5 nitrogen and oxygen atoms in total. The minimum Gasteiger partial charge on any atom is -0.352 e. The standard InChI is InChI=1S/C28H29N5S/c1-18-8-7-9-19(2)26(18)33-20(3)16-23(21(33)4)27-25(24-10-5-6-13-30-24)31-28(34)32(27)17-22-11-14-29-15-12-22/h5-16,25,27H,17H2,1-4H3,(H,31,34)/t25-,27-/m0/s1. The van der Waals surface area contributed by atoms with Crippen LogP contribution in [-0.2, 0) is 6.54 Å². The Kier molecular flexibility index (Phi) is 5.92. The molecule has 1 aromatic carbocycles. The van der Waals surface area contributed by atoms with E-state index in [0.29, 0.717) is 6.54 Å². The van der Waals surface area contributed by atoms with Crippen LogP contribution in [0.3, 0.4) is 0 Å². The molecule has 6 heteroatoms. The predicted molar refractivity (Wildman–Crippen MR) is 140 cm³/mol. The second-order valence-corrected chi connectivity index (χ2v) is 9.40. The predicted octanol–water partition coefficient (Wildman–Crippen LogP) is 5.67. The first-order valence-corrected chi connectivity index (χ1v) is 12.0. The number of aryl methyl sites for hydroxylation is 3. The molecule has 172 valence electrons. The fraction of sp³-hybridized carbons (Fsp3) is 0.250. The van der Waals surface area contributed by atoms with Crippen LogP contribution < -0.4 is 5.32 Å². The van der Waals surface area contributed by atoms with Crippen molar-refractivity contribution in [2.24, 2.45) is 0 Å². The molecule has 1 aliphatic rings. The summed E-state index contributed by atoms with van der Waals surface area (Å²) in [5.74, 6) is 0. The van der Waals surface area contributed by atoms with Crippen molar-refractivity contribution in [3.8, 4) is 5.69 Å². The largest absolute Gasteiger partial charge is 0.352 e. The van der Waals surface area contributed by atoms with Crippen LogP contribution in [0.4, 0.5) is 0 Å². The highest BCUT2D eigenvalue weighted by atomic mass is 32.1. The number of nitrogens with zero attached hydrogens (tertiary/aromatic N) is 4. The fourth-order valence-corrected chi connectivity index (χ4v) is 5.49. The Morgan fingerprint density at radius 1 is 0.912 bits per heavy atom. The number of aromatic nitrogens is 3. The van der Waals surface area contributed by atoms with Crippen molar-refractivity contribution in [3.63, 3.8) is 0 Å². The van der Waals surface area contributed by atoms with E-state index >= 15 is 0 Å². The zero-order valence-electron chi connectivity index (χ0n) is 20.0. The quantitative estimate of drug-likeness (QED) is 0.383. The Balaban J connectivity index is 1.65. The second-order valence-electron chi connectivity index (χ2n) is 9.01. The summed E-state index contributed by atoms with van der Waals surface area (Å²) in [6, 6.07) is 18.9. The van der Waals surface area contributed by atoms with Crippen molar-refractivity contribution < 1.29 is 0 Å². The van der Waals surface area contributed by atoms with Gasteiger partial charge in [0.25, 0.3) is 0 Å². The number of thiocarbonyl (C=S) groups is 1. The zero-order valence-corrected chi connectivity index (χ0v) is 20.8. The van der Waals surface area contributed by atoms with Gasteiger partial charge in [-0.15, -0.1) is 0 Å².